The highest BCUT2D eigenvalue weighted by atomic mass is 16.5. The quantitative estimate of drug-likeness (QED) is 0.725. The Labute approximate surface area is 159 Å². The van der Waals surface area contributed by atoms with Crippen molar-refractivity contribution in [3.63, 3.8) is 0 Å². The minimum absolute atomic E-state index is 0.0611. The zero-order valence-corrected chi connectivity index (χ0v) is 16.5. The smallest absolute Gasteiger partial charge is 0.258 e. The number of aromatic nitrogens is 3. The van der Waals surface area contributed by atoms with Gasteiger partial charge < -0.3 is 10.1 Å². The van der Waals surface area contributed by atoms with Gasteiger partial charge in [-0.15, -0.1) is 0 Å². The fraction of sp³-hybridized carbons (Fsp3) is 0.381. The van der Waals surface area contributed by atoms with Crippen LogP contribution in [0.5, 0.6) is 5.88 Å². The molecule has 0 saturated carbocycles. The van der Waals surface area contributed by atoms with Gasteiger partial charge in [-0.1, -0.05) is 19.1 Å². The molecule has 0 unspecified atom stereocenters. The van der Waals surface area contributed by atoms with Crippen molar-refractivity contribution in [3.8, 4) is 11.6 Å². The first-order chi connectivity index (χ1) is 12.9. The summed E-state index contributed by atoms with van der Waals surface area (Å²) in [4.78, 5) is 16.5. The maximum Gasteiger partial charge on any atom is 0.258 e. The van der Waals surface area contributed by atoms with Gasteiger partial charge in [0, 0.05) is 17.5 Å². The number of ether oxygens (including phenoxy) is 1. The number of benzene rings is 1. The van der Waals surface area contributed by atoms with Gasteiger partial charge >= 0.3 is 0 Å². The van der Waals surface area contributed by atoms with Crippen LogP contribution < -0.4 is 10.1 Å². The van der Waals surface area contributed by atoms with Crippen molar-refractivity contribution in [2.75, 3.05) is 6.61 Å². The van der Waals surface area contributed by atoms with E-state index >= 15 is 0 Å². The van der Waals surface area contributed by atoms with Gasteiger partial charge in [-0.25, -0.2) is 4.68 Å². The maximum atomic E-state index is 11.8. The number of nitrogens with zero attached hydrogens (tertiary/aromatic N) is 3. The van der Waals surface area contributed by atoms with E-state index in [2.05, 4.69) is 34.5 Å². The molecule has 1 N–H and O–H groups in total. The first-order valence-corrected chi connectivity index (χ1v) is 9.27. The summed E-state index contributed by atoms with van der Waals surface area (Å²) in [6.45, 7) is 9.88. The Kier molecular flexibility index (Phi) is 5.44. The fourth-order valence-corrected chi connectivity index (χ4v) is 3.10. The predicted molar refractivity (Wildman–Crippen MR) is 106 cm³/mol. The highest BCUT2D eigenvalue weighted by Crippen LogP contribution is 2.26. The van der Waals surface area contributed by atoms with Crippen molar-refractivity contribution in [2.24, 2.45) is 0 Å². The second-order valence-corrected chi connectivity index (χ2v) is 7.00. The van der Waals surface area contributed by atoms with Gasteiger partial charge in [-0.05, 0) is 57.4 Å². The van der Waals surface area contributed by atoms with Crippen LogP contribution in [0.2, 0.25) is 0 Å². The molecule has 1 amide bonds. The standard InChI is InChI=1S/C21H26N4O2/c1-6-16-7-9-17(10-8-16)25-21-20(15(5)24-25)14(4)11-19(23-21)27-12-18(26)22-13(2)3/h7-11,13H,6,12H2,1-5H3,(H,22,26). The summed E-state index contributed by atoms with van der Waals surface area (Å²) in [5, 5.41) is 8.49. The van der Waals surface area contributed by atoms with E-state index in [1.807, 2.05) is 50.6 Å². The summed E-state index contributed by atoms with van der Waals surface area (Å²) >= 11 is 0. The highest BCUT2D eigenvalue weighted by Gasteiger charge is 2.15. The van der Waals surface area contributed by atoms with Crippen LogP contribution in [0.25, 0.3) is 16.7 Å². The Bertz CT molecular complexity index is 958. The average Bonchev–Trinajstić information content (AvgIpc) is 2.96. The van der Waals surface area contributed by atoms with Crippen molar-refractivity contribution < 1.29 is 9.53 Å². The molecule has 6 nitrogen and oxygen atoms in total. The molecule has 0 radical (unpaired) electrons. The lowest BCUT2D eigenvalue weighted by Gasteiger charge is -2.10. The molecule has 0 aliphatic carbocycles. The molecule has 0 atom stereocenters. The van der Waals surface area contributed by atoms with Gasteiger partial charge in [0.15, 0.2) is 12.3 Å². The van der Waals surface area contributed by atoms with Crippen molar-refractivity contribution in [3.05, 3.63) is 47.2 Å². The summed E-state index contributed by atoms with van der Waals surface area (Å²) in [6, 6.07) is 10.2. The van der Waals surface area contributed by atoms with E-state index in [1.165, 1.54) is 5.56 Å². The SMILES string of the molecule is CCc1ccc(-n2nc(C)c3c(C)cc(OCC(=O)NC(C)C)nc32)cc1. The average molecular weight is 366 g/mol. The monoisotopic (exact) mass is 366 g/mol. The molecule has 2 heterocycles. The van der Waals surface area contributed by atoms with Gasteiger partial charge in [0.25, 0.3) is 5.91 Å². The third-order valence-electron chi connectivity index (χ3n) is 4.38. The Hall–Kier alpha value is -2.89. The summed E-state index contributed by atoms with van der Waals surface area (Å²) in [5.41, 5.74) is 4.89. The molecule has 0 fully saturated rings. The lowest BCUT2D eigenvalue weighted by Crippen LogP contribution is -2.34. The van der Waals surface area contributed by atoms with Gasteiger partial charge in [0.05, 0.1) is 11.4 Å². The first-order valence-electron chi connectivity index (χ1n) is 9.27. The van der Waals surface area contributed by atoms with Crippen molar-refractivity contribution in [1.82, 2.24) is 20.1 Å². The van der Waals surface area contributed by atoms with Crippen LogP contribution in [-0.4, -0.2) is 33.3 Å². The summed E-state index contributed by atoms with van der Waals surface area (Å²) < 4.78 is 7.46. The minimum Gasteiger partial charge on any atom is -0.468 e. The number of fused-ring (bicyclic) bond motifs is 1. The third-order valence-corrected chi connectivity index (χ3v) is 4.38. The second kappa shape index (κ2) is 7.78. The van der Waals surface area contributed by atoms with Crippen molar-refractivity contribution in [2.45, 2.75) is 47.1 Å². The molecule has 1 aromatic carbocycles. The number of carbonyl (C=O) groups is 1. The molecule has 0 aliphatic rings. The summed E-state index contributed by atoms with van der Waals surface area (Å²) in [7, 11) is 0. The van der Waals surface area contributed by atoms with Gasteiger partial charge in [0.1, 0.15) is 0 Å². The fourth-order valence-electron chi connectivity index (χ4n) is 3.10. The molecule has 0 aliphatic heterocycles. The largest absolute Gasteiger partial charge is 0.468 e. The van der Waals surface area contributed by atoms with Crippen LogP contribution in [0.4, 0.5) is 0 Å². The van der Waals surface area contributed by atoms with Crippen LogP contribution in [0.15, 0.2) is 30.3 Å². The third kappa shape index (κ3) is 4.10. The number of amides is 1. The Morgan fingerprint density at radius 2 is 1.93 bits per heavy atom. The summed E-state index contributed by atoms with van der Waals surface area (Å²) in [6.07, 6.45) is 0.993. The first kappa shape index (κ1) is 18.9. The van der Waals surface area contributed by atoms with Gasteiger partial charge in [0.2, 0.25) is 5.88 Å². The van der Waals surface area contributed by atoms with Crippen LogP contribution in [0.3, 0.4) is 0 Å². The number of rotatable bonds is 6. The van der Waals surface area contributed by atoms with Crippen molar-refractivity contribution >= 4 is 16.9 Å². The molecule has 3 aromatic rings. The van der Waals surface area contributed by atoms with Crippen LogP contribution in [-0.2, 0) is 11.2 Å². The number of hydrogen-bond donors (Lipinski definition) is 1. The molecule has 142 valence electrons. The lowest BCUT2D eigenvalue weighted by molar-refractivity contribution is -0.123. The minimum atomic E-state index is -0.163. The molecule has 0 saturated heterocycles. The maximum absolute atomic E-state index is 11.8. The van der Waals surface area contributed by atoms with Crippen LogP contribution in [0, 0.1) is 13.8 Å². The number of hydrogen-bond acceptors (Lipinski definition) is 4. The van der Waals surface area contributed by atoms with E-state index in [9.17, 15) is 4.79 Å². The van der Waals surface area contributed by atoms with E-state index < -0.39 is 0 Å². The molecule has 0 bridgehead atoms. The van der Waals surface area contributed by atoms with Gasteiger partial charge in [-0.3, -0.25) is 4.79 Å². The normalized spacial score (nSPS) is 11.2. The second-order valence-electron chi connectivity index (χ2n) is 7.00. The lowest BCUT2D eigenvalue weighted by atomic mass is 10.1. The highest BCUT2D eigenvalue weighted by molar-refractivity contribution is 5.84. The van der Waals surface area contributed by atoms with Crippen LogP contribution in [0.1, 0.15) is 37.6 Å². The molecule has 3 rings (SSSR count). The Morgan fingerprint density at radius 1 is 1.22 bits per heavy atom. The Morgan fingerprint density at radius 3 is 2.56 bits per heavy atom. The van der Waals surface area contributed by atoms with E-state index in [4.69, 9.17) is 4.74 Å². The number of nitrogens with one attached hydrogen (secondary N) is 1. The molecule has 2 aromatic heterocycles. The zero-order chi connectivity index (χ0) is 19.6. The Balaban J connectivity index is 1.96. The van der Waals surface area contributed by atoms with Gasteiger partial charge in [-0.2, -0.15) is 10.1 Å². The van der Waals surface area contributed by atoms with E-state index in [0.29, 0.717) is 5.88 Å². The summed E-state index contributed by atoms with van der Waals surface area (Å²) in [5.74, 6) is 0.259. The topological polar surface area (TPSA) is 69.0 Å². The molecular formula is C21H26N4O2. The zero-order valence-electron chi connectivity index (χ0n) is 16.5. The number of aryl methyl sites for hydroxylation is 3. The molecular weight excluding hydrogens is 340 g/mol. The number of carbonyl (C=O) groups excluding carboxylic acids is 1. The van der Waals surface area contributed by atoms with E-state index in [0.717, 1.165) is 34.4 Å². The number of pyridine rings is 1. The van der Waals surface area contributed by atoms with E-state index in [-0.39, 0.29) is 18.6 Å². The van der Waals surface area contributed by atoms with Crippen LogP contribution >= 0.6 is 0 Å². The molecule has 6 heteroatoms. The predicted octanol–water partition coefficient (Wildman–Crippen LogP) is 3.50. The molecule has 27 heavy (non-hydrogen) atoms. The molecule has 0 spiro atoms. The van der Waals surface area contributed by atoms with E-state index in [1.54, 1.807) is 0 Å². The van der Waals surface area contributed by atoms with Crippen molar-refractivity contribution in [1.29, 1.82) is 0 Å².